The van der Waals surface area contributed by atoms with Gasteiger partial charge in [0.1, 0.15) is 0 Å². The maximum atomic E-state index is 11.8. The third kappa shape index (κ3) is 2.87. The van der Waals surface area contributed by atoms with Gasteiger partial charge in [0, 0.05) is 18.1 Å². The maximum absolute atomic E-state index is 11.8. The average molecular weight is 227 g/mol. The summed E-state index contributed by atoms with van der Waals surface area (Å²) in [5.74, 6) is -0.118. The van der Waals surface area contributed by atoms with Crippen molar-refractivity contribution >= 4 is 11.6 Å². The minimum Gasteiger partial charge on any atom is -0.319 e. The van der Waals surface area contributed by atoms with Crippen molar-refractivity contribution in [2.45, 2.75) is 13.8 Å². The molecule has 0 saturated carbocycles. The Morgan fingerprint density at radius 1 is 1.12 bits per heavy atom. The fourth-order valence-corrected chi connectivity index (χ4v) is 1.42. The van der Waals surface area contributed by atoms with E-state index in [-0.39, 0.29) is 11.7 Å². The van der Waals surface area contributed by atoms with Gasteiger partial charge in [0.05, 0.1) is 0 Å². The van der Waals surface area contributed by atoms with Gasteiger partial charge in [0.25, 0.3) is 5.91 Å². The molecule has 0 fully saturated rings. The Morgan fingerprint density at radius 2 is 1.82 bits per heavy atom. The number of carbonyl (C=O) groups is 1. The fraction of sp³-hybridized carbons (Fsp3) is 0.154. The van der Waals surface area contributed by atoms with Gasteiger partial charge in [-0.05, 0) is 37.1 Å². The molecule has 0 aliphatic heterocycles. The van der Waals surface area contributed by atoms with Crippen molar-refractivity contribution in [3.63, 3.8) is 0 Å². The average Bonchev–Trinajstić information content (AvgIpc) is 2.29. The molecule has 0 aliphatic rings. The molecule has 0 spiro atoms. The van der Waals surface area contributed by atoms with Gasteiger partial charge in [-0.15, -0.1) is 0 Å². The molecule has 0 aliphatic carbocycles. The Labute approximate surface area is 99.7 Å². The number of carbonyl (C=O) groups excluding carboxylic acids is 1. The quantitative estimate of drug-likeness (QED) is 0.856. The van der Waals surface area contributed by atoms with Crippen LogP contribution in [0, 0.1) is 13.8 Å². The van der Waals surface area contributed by atoms with Crippen molar-refractivity contribution in [3.05, 3.63) is 53.6 Å². The van der Waals surface area contributed by atoms with E-state index in [1.54, 1.807) is 12.4 Å². The van der Waals surface area contributed by atoms with Crippen molar-refractivity contribution in [1.82, 2.24) is 9.97 Å². The van der Waals surface area contributed by atoms with Gasteiger partial charge >= 0.3 is 0 Å². The second-order valence-electron chi connectivity index (χ2n) is 3.91. The predicted molar refractivity (Wildman–Crippen MR) is 65.9 cm³/mol. The van der Waals surface area contributed by atoms with Gasteiger partial charge in [-0.3, -0.25) is 4.79 Å². The van der Waals surface area contributed by atoms with Crippen LogP contribution in [-0.4, -0.2) is 15.9 Å². The maximum Gasteiger partial charge on any atom is 0.293 e. The number of anilines is 1. The Balaban J connectivity index is 2.14. The number of nitrogens with zero attached hydrogens (tertiary/aromatic N) is 2. The first-order chi connectivity index (χ1) is 8.15. The number of amides is 1. The van der Waals surface area contributed by atoms with Crippen LogP contribution in [0.25, 0.3) is 0 Å². The zero-order valence-corrected chi connectivity index (χ0v) is 9.77. The summed E-state index contributed by atoms with van der Waals surface area (Å²) in [5.41, 5.74) is 2.77. The summed E-state index contributed by atoms with van der Waals surface area (Å²) in [6, 6.07) is 7.59. The van der Waals surface area contributed by atoms with Crippen LogP contribution < -0.4 is 5.32 Å². The van der Waals surface area contributed by atoms with E-state index in [0.29, 0.717) is 0 Å². The molecule has 1 aromatic carbocycles. The molecule has 86 valence electrons. The Hall–Kier alpha value is -2.23. The number of hydrogen-bond acceptors (Lipinski definition) is 3. The van der Waals surface area contributed by atoms with Crippen LogP contribution in [0.2, 0.25) is 0 Å². The highest BCUT2D eigenvalue weighted by atomic mass is 16.2. The molecule has 1 heterocycles. The highest BCUT2D eigenvalue weighted by Crippen LogP contribution is 2.10. The third-order valence-electron chi connectivity index (χ3n) is 2.26. The van der Waals surface area contributed by atoms with Crippen molar-refractivity contribution in [3.8, 4) is 0 Å². The van der Waals surface area contributed by atoms with E-state index < -0.39 is 0 Å². The smallest absolute Gasteiger partial charge is 0.293 e. The van der Waals surface area contributed by atoms with Crippen LogP contribution in [-0.2, 0) is 0 Å². The van der Waals surface area contributed by atoms with Crippen LogP contribution >= 0.6 is 0 Å². The molecule has 4 heteroatoms. The molecule has 0 unspecified atom stereocenters. The van der Waals surface area contributed by atoms with Gasteiger partial charge in [-0.25, -0.2) is 9.97 Å². The summed E-state index contributed by atoms with van der Waals surface area (Å²) in [6.07, 6.45) is 3.25. The molecular formula is C13H13N3O. The molecule has 2 rings (SSSR count). The van der Waals surface area contributed by atoms with Crippen molar-refractivity contribution < 1.29 is 4.79 Å². The molecule has 17 heavy (non-hydrogen) atoms. The van der Waals surface area contributed by atoms with Crippen molar-refractivity contribution in [2.24, 2.45) is 0 Å². The molecule has 1 amide bonds. The Morgan fingerprint density at radius 3 is 2.47 bits per heavy atom. The van der Waals surface area contributed by atoms with E-state index in [9.17, 15) is 4.79 Å². The summed E-state index contributed by atoms with van der Waals surface area (Å²) in [6.45, 7) is 3.85. The predicted octanol–water partition coefficient (Wildman–Crippen LogP) is 2.35. The zero-order chi connectivity index (χ0) is 12.3. The normalized spacial score (nSPS) is 10.0. The number of rotatable bonds is 2. The van der Waals surface area contributed by atoms with E-state index in [1.807, 2.05) is 38.1 Å². The molecule has 1 N–H and O–H groups in total. The number of aromatic nitrogens is 2. The lowest BCUT2D eigenvalue weighted by Crippen LogP contribution is -2.15. The summed E-state index contributed by atoms with van der Waals surface area (Å²) >= 11 is 0. The van der Waals surface area contributed by atoms with Gasteiger partial charge < -0.3 is 5.32 Å². The molecule has 4 nitrogen and oxygen atoms in total. The first-order valence-corrected chi connectivity index (χ1v) is 5.32. The van der Waals surface area contributed by atoms with E-state index in [1.165, 1.54) is 0 Å². The van der Waals surface area contributed by atoms with E-state index in [4.69, 9.17) is 0 Å². The standard InChI is InChI=1S/C13H13N3O/c1-9-4-3-5-11(6-9)16-13(17)12-14-7-10(2)8-15-12/h3-8H,1-2H3,(H,16,17). The van der Waals surface area contributed by atoms with Crippen molar-refractivity contribution in [2.75, 3.05) is 5.32 Å². The fourth-order valence-electron chi connectivity index (χ4n) is 1.42. The molecule has 0 saturated heterocycles. The monoisotopic (exact) mass is 227 g/mol. The minimum atomic E-state index is -0.296. The summed E-state index contributed by atoms with van der Waals surface area (Å²) < 4.78 is 0. The number of nitrogens with one attached hydrogen (secondary N) is 1. The second-order valence-corrected chi connectivity index (χ2v) is 3.91. The Kier molecular flexibility index (Phi) is 3.14. The molecular weight excluding hydrogens is 214 g/mol. The highest BCUT2D eigenvalue weighted by molar-refractivity contribution is 6.01. The second kappa shape index (κ2) is 4.74. The van der Waals surface area contributed by atoms with Crippen molar-refractivity contribution in [1.29, 1.82) is 0 Å². The van der Waals surface area contributed by atoms with Crippen LogP contribution in [0.5, 0.6) is 0 Å². The number of aryl methyl sites for hydroxylation is 2. The first-order valence-electron chi connectivity index (χ1n) is 5.32. The van der Waals surface area contributed by atoms with Crippen LogP contribution in [0.4, 0.5) is 5.69 Å². The SMILES string of the molecule is Cc1cnc(C(=O)Nc2cccc(C)c2)nc1. The third-order valence-corrected chi connectivity index (χ3v) is 2.26. The lowest BCUT2D eigenvalue weighted by molar-refractivity contribution is 0.101. The largest absolute Gasteiger partial charge is 0.319 e. The van der Waals surface area contributed by atoms with Crippen LogP contribution in [0.15, 0.2) is 36.7 Å². The minimum absolute atomic E-state index is 0.178. The molecule has 0 bridgehead atoms. The molecule has 0 radical (unpaired) electrons. The highest BCUT2D eigenvalue weighted by Gasteiger charge is 2.08. The van der Waals surface area contributed by atoms with E-state index >= 15 is 0 Å². The summed E-state index contributed by atoms with van der Waals surface area (Å²) in [4.78, 5) is 19.7. The van der Waals surface area contributed by atoms with Gasteiger partial charge in [0.15, 0.2) is 0 Å². The summed E-state index contributed by atoms with van der Waals surface area (Å²) in [7, 11) is 0. The van der Waals surface area contributed by atoms with Gasteiger partial charge in [-0.1, -0.05) is 12.1 Å². The molecule has 0 atom stereocenters. The number of hydrogen-bond donors (Lipinski definition) is 1. The molecule has 2 aromatic rings. The molecule has 1 aromatic heterocycles. The van der Waals surface area contributed by atoms with Crippen LogP contribution in [0.1, 0.15) is 21.7 Å². The zero-order valence-electron chi connectivity index (χ0n) is 9.77. The topological polar surface area (TPSA) is 54.9 Å². The Bertz CT molecular complexity index is 535. The lowest BCUT2D eigenvalue weighted by atomic mass is 10.2. The van der Waals surface area contributed by atoms with Gasteiger partial charge in [-0.2, -0.15) is 0 Å². The van der Waals surface area contributed by atoms with E-state index in [0.717, 1.165) is 16.8 Å². The van der Waals surface area contributed by atoms with Crippen LogP contribution in [0.3, 0.4) is 0 Å². The number of benzene rings is 1. The lowest BCUT2D eigenvalue weighted by Gasteiger charge is -2.04. The first kappa shape index (κ1) is 11.3. The summed E-state index contributed by atoms with van der Waals surface area (Å²) in [5, 5.41) is 2.75. The van der Waals surface area contributed by atoms with Gasteiger partial charge in [0.2, 0.25) is 5.82 Å². The van der Waals surface area contributed by atoms with E-state index in [2.05, 4.69) is 15.3 Å².